The molecule has 1 unspecified atom stereocenters. The second-order valence-corrected chi connectivity index (χ2v) is 5.61. The van der Waals surface area contributed by atoms with Gasteiger partial charge in [0.15, 0.2) is 0 Å². The van der Waals surface area contributed by atoms with E-state index in [1.54, 1.807) is 0 Å². The lowest BCUT2D eigenvalue weighted by molar-refractivity contribution is -0.136. The largest absolute Gasteiger partial charge is 0.343 e. The van der Waals surface area contributed by atoms with Gasteiger partial charge in [-0.05, 0) is 31.7 Å². The van der Waals surface area contributed by atoms with Crippen LogP contribution in [0.4, 0.5) is 0 Å². The molecule has 0 saturated carbocycles. The molecule has 1 atom stereocenters. The number of likely N-dealkylation sites (tertiary alicyclic amines) is 1. The molecule has 1 aliphatic rings. The van der Waals surface area contributed by atoms with Crippen molar-refractivity contribution in [3.05, 3.63) is 0 Å². The van der Waals surface area contributed by atoms with Gasteiger partial charge in [0.1, 0.15) is 0 Å². The average Bonchev–Trinajstić information content (AvgIpc) is 2.93. The lowest BCUT2D eigenvalue weighted by atomic mass is 10.1. The quantitative estimate of drug-likeness (QED) is 0.728. The van der Waals surface area contributed by atoms with Gasteiger partial charge in [0.25, 0.3) is 0 Å². The zero-order valence-electron chi connectivity index (χ0n) is 12.9. The first-order chi connectivity index (χ1) is 9.62. The molecule has 0 radical (unpaired) electrons. The third kappa shape index (κ3) is 5.12. The molecule has 0 spiro atoms. The summed E-state index contributed by atoms with van der Waals surface area (Å²) in [5.74, 6) is 0.644. The Morgan fingerprint density at radius 1 is 1.20 bits per heavy atom. The number of carbonyl (C=O) groups is 2. The predicted octanol–water partition coefficient (Wildman–Crippen LogP) is 1.22. The zero-order chi connectivity index (χ0) is 15.0. The molecule has 5 heteroatoms. The smallest absolute Gasteiger partial charge is 0.223 e. The third-order valence-corrected chi connectivity index (χ3v) is 3.86. The van der Waals surface area contributed by atoms with Gasteiger partial charge in [-0.3, -0.25) is 9.59 Å². The van der Waals surface area contributed by atoms with Crippen molar-refractivity contribution in [2.75, 3.05) is 32.7 Å². The van der Waals surface area contributed by atoms with Crippen molar-refractivity contribution in [2.24, 2.45) is 11.7 Å². The molecule has 5 nitrogen and oxygen atoms in total. The molecule has 0 bridgehead atoms. The van der Waals surface area contributed by atoms with Gasteiger partial charge in [-0.1, -0.05) is 13.8 Å². The number of nitrogens with zero attached hydrogens (tertiary/aromatic N) is 2. The van der Waals surface area contributed by atoms with Gasteiger partial charge in [0.2, 0.25) is 11.8 Å². The summed E-state index contributed by atoms with van der Waals surface area (Å²) in [6, 6.07) is 0. The summed E-state index contributed by atoms with van der Waals surface area (Å²) in [5, 5.41) is 0. The molecular formula is C15H29N3O2. The first kappa shape index (κ1) is 17.0. The highest BCUT2D eigenvalue weighted by Crippen LogP contribution is 2.16. The Hall–Kier alpha value is -1.10. The minimum atomic E-state index is 0.0993. The maximum atomic E-state index is 12.1. The molecular weight excluding hydrogens is 254 g/mol. The monoisotopic (exact) mass is 283 g/mol. The van der Waals surface area contributed by atoms with E-state index in [9.17, 15) is 9.59 Å². The molecule has 20 heavy (non-hydrogen) atoms. The summed E-state index contributed by atoms with van der Waals surface area (Å²) >= 11 is 0. The fourth-order valence-electron chi connectivity index (χ4n) is 2.68. The summed E-state index contributed by atoms with van der Waals surface area (Å²) < 4.78 is 0. The molecule has 116 valence electrons. The van der Waals surface area contributed by atoms with Gasteiger partial charge in [0, 0.05) is 39.0 Å². The second kappa shape index (κ2) is 8.95. The molecule has 1 fully saturated rings. The fourth-order valence-corrected chi connectivity index (χ4v) is 2.68. The fraction of sp³-hybridized carbons (Fsp3) is 0.867. The first-order valence-corrected chi connectivity index (χ1v) is 7.87. The Morgan fingerprint density at radius 2 is 1.85 bits per heavy atom. The lowest BCUT2D eigenvalue weighted by Gasteiger charge is -2.22. The van der Waals surface area contributed by atoms with E-state index in [2.05, 4.69) is 13.8 Å². The van der Waals surface area contributed by atoms with E-state index in [1.807, 2.05) is 9.80 Å². The van der Waals surface area contributed by atoms with Crippen LogP contribution in [0.15, 0.2) is 0 Å². The maximum absolute atomic E-state index is 12.1. The van der Waals surface area contributed by atoms with Crippen molar-refractivity contribution >= 4 is 11.8 Å². The summed E-state index contributed by atoms with van der Waals surface area (Å²) in [6.45, 7) is 7.92. The first-order valence-electron chi connectivity index (χ1n) is 7.87. The normalized spacial score (nSPS) is 18.4. The molecule has 0 aromatic heterocycles. The van der Waals surface area contributed by atoms with Crippen LogP contribution < -0.4 is 5.73 Å². The van der Waals surface area contributed by atoms with Crippen molar-refractivity contribution in [1.82, 2.24) is 9.80 Å². The number of rotatable bonds is 8. The minimum absolute atomic E-state index is 0.0993. The van der Waals surface area contributed by atoms with E-state index in [-0.39, 0.29) is 11.8 Å². The second-order valence-electron chi connectivity index (χ2n) is 5.61. The van der Waals surface area contributed by atoms with Crippen LogP contribution in [0, 0.1) is 5.92 Å². The van der Waals surface area contributed by atoms with Gasteiger partial charge < -0.3 is 15.5 Å². The van der Waals surface area contributed by atoms with Crippen molar-refractivity contribution < 1.29 is 9.59 Å². The van der Waals surface area contributed by atoms with Crippen LogP contribution >= 0.6 is 0 Å². The average molecular weight is 283 g/mol. The Labute approximate surface area is 122 Å². The lowest BCUT2D eigenvalue weighted by Crippen LogP contribution is -2.34. The highest BCUT2D eigenvalue weighted by atomic mass is 16.2. The zero-order valence-corrected chi connectivity index (χ0v) is 12.9. The van der Waals surface area contributed by atoms with Crippen LogP contribution in [0.3, 0.4) is 0 Å². The van der Waals surface area contributed by atoms with Crippen LogP contribution in [0.1, 0.15) is 46.0 Å². The summed E-state index contributed by atoms with van der Waals surface area (Å²) in [4.78, 5) is 27.9. The predicted molar refractivity (Wildman–Crippen MR) is 80.1 cm³/mol. The molecule has 1 saturated heterocycles. The molecule has 2 N–H and O–H groups in total. The van der Waals surface area contributed by atoms with Gasteiger partial charge in [0.05, 0.1) is 0 Å². The standard InChI is InChI=1S/C15H29N3O2/c1-3-8-17(9-4-2)14(19)5-6-15(20)18-10-7-13(11-16)12-18/h13H,3-12,16H2,1-2H3. The van der Waals surface area contributed by atoms with Crippen molar-refractivity contribution in [1.29, 1.82) is 0 Å². The van der Waals surface area contributed by atoms with Crippen LogP contribution in [0.5, 0.6) is 0 Å². The summed E-state index contributed by atoms with van der Waals surface area (Å²) in [5.41, 5.74) is 5.63. The number of hydrogen-bond donors (Lipinski definition) is 1. The molecule has 0 aromatic rings. The van der Waals surface area contributed by atoms with Crippen molar-refractivity contribution in [3.63, 3.8) is 0 Å². The molecule has 2 amide bonds. The number of nitrogens with two attached hydrogens (primary N) is 1. The molecule has 1 heterocycles. The van der Waals surface area contributed by atoms with E-state index in [4.69, 9.17) is 5.73 Å². The van der Waals surface area contributed by atoms with Gasteiger partial charge in [-0.2, -0.15) is 0 Å². The molecule has 1 rings (SSSR count). The summed E-state index contributed by atoms with van der Waals surface area (Å²) in [7, 11) is 0. The Morgan fingerprint density at radius 3 is 2.35 bits per heavy atom. The number of hydrogen-bond acceptors (Lipinski definition) is 3. The molecule has 0 aliphatic carbocycles. The van der Waals surface area contributed by atoms with Crippen LogP contribution in [0.2, 0.25) is 0 Å². The number of carbonyl (C=O) groups excluding carboxylic acids is 2. The van der Waals surface area contributed by atoms with E-state index < -0.39 is 0 Å². The van der Waals surface area contributed by atoms with Crippen LogP contribution in [-0.4, -0.2) is 54.3 Å². The minimum Gasteiger partial charge on any atom is -0.343 e. The van der Waals surface area contributed by atoms with Crippen molar-refractivity contribution in [2.45, 2.75) is 46.0 Å². The molecule has 0 aromatic carbocycles. The SMILES string of the molecule is CCCN(CCC)C(=O)CCC(=O)N1CCC(CN)C1. The van der Waals surface area contributed by atoms with E-state index in [0.717, 1.165) is 45.4 Å². The van der Waals surface area contributed by atoms with Crippen LogP contribution in [-0.2, 0) is 9.59 Å². The topological polar surface area (TPSA) is 66.6 Å². The van der Waals surface area contributed by atoms with E-state index in [1.165, 1.54) is 0 Å². The maximum Gasteiger partial charge on any atom is 0.223 e. The highest BCUT2D eigenvalue weighted by molar-refractivity contribution is 5.84. The Kier molecular flexibility index (Phi) is 7.59. The van der Waals surface area contributed by atoms with Gasteiger partial charge >= 0.3 is 0 Å². The van der Waals surface area contributed by atoms with Crippen LogP contribution in [0.25, 0.3) is 0 Å². The van der Waals surface area contributed by atoms with E-state index >= 15 is 0 Å². The number of amides is 2. The summed E-state index contributed by atoms with van der Waals surface area (Å²) in [6.07, 6.45) is 3.59. The molecule has 1 aliphatic heterocycles. The van der Waals surface area contributed by atoms with Gasteiger partial charge in [-0.25, -0.2) is 0 Å². The Balaban J connectivity index is 2.34. The van der Waals surface area contributed by atoms with E-state index in [0.29, 0.717) is 25.3 Å². The van der Waals surface area contributed by atoms with Gasteiger partial charge in [-0.15, -0.1) is 0 Å². The third-order valence-electron chi connectivity index (χ3n) is 3.86. The van der Waals surface area contributed by atoms with Crippen molar-refractivity contribution in [3.8, 4) is 0 Å². The highest BCUT2D eigenvalue weighted by Gasteiger charge is 2.25. The Bertz CT molecular complexity index is 314.